The van der Waals surface area contributed by atoms with Crippen LogP contribution in [0.1, 0.15) is 12.8 Å². The number of sulfonamides is 1. The lowest BCUT2D eigenvalue weighted by Crippen LogP contribution is -2.37. The monoisotopic (exact) mass is 403 g/mol. The Hall–Kier alpha value is 0.530. The zero-order valence-corrected chi connectivity index (χ0v) is 13.6. The van der Waals surface area contributed by atoms with Crippen molar-refractivity contribution >= 4 is 53.2 Å². The highest BCUT2D eigenvalue weighted by molar-refractivity contribution is 9.13. The standard InChI is InChI=1S/C9H11Br2NO3S2/c10-7-4-8(16-9(7)11)17(14,15)12-3-1-2-6(12)5-13/h4,6,13H,1-3,5H2. The Labute approximate surface area is 121 Å². The highest BCUT2D eigenvalue weighted by atomic mass is 79.9. The number of aliphatic hydroxyl groups is 1. The van der Waals surface area contributed by atoms with Gasteiger partial charge in [-0.15, -0.1) is 11.3 Å². The van der Waals surface area contributed by atoms with Gasteiger partial charge in [0.05, 0.1) is 10.4 Å². The van der Waals surface area contributed by atoms with Crippen LogP contribution in [0.25, 0.3) is 0 Å². The van der Waals surface area contributed by atoms with Crippen molar-refractivity contribution in [2.45, 2.75) is 23.1 Å². The third-order valence-electron chi connectivity index (χ3n) is 2.72. The van der Waals surface area contributed by atoms with Crippen LogP contribution >= 0.6 is 43.2 Å². The van der Waals surface area contributed by atoms with Gasteiger partial charge in [-0.3, -0.25) is 0 Å². The maximum absolute atomic E-state index is 12.4. The Morgan fingerprint density at radius 3 is 2.76 bits per heavy atom. The van der Waals surface area contributed by atoms with E-state index in [4.69, 9.17) is 0 Å². The number of aliphatic hydroxyl groups excluding tert-OH is 1. The average Bonchev–Trinajstić information content (AvgIpc) is 2.86. The summed E-state index contributed by atoms with van der Waals surface area (Å²) in [6.45, 7) is 0.369. The number of thiophene rings is 1. The molecule has 17 heavy (non-hydrogen) atoms. The SMILES string of the molecule is O=S(=O)(c1cc(Br)c(Br)s1)N1CCCC1CO. The van der Waals surface area contributed by atoms with Gasteiger partial charge >= 0.3 is 0 Å². The molecule has 1 aromatic heterocycles. The van der Waals surface area contributed by atoms with Gasteiger partial charge in [0.1, 0.15) is 4.21 Å². The molecule has 8 heteroatoms. The molecule has 0 radical (unpaired) electrons. The fourth-order valence-electron chi connectivity index (χ4n) is 1.88. The van der Waals surface area contributed by atoms with Gasteiger partial charge in [-0.2, -0.15) is 4.31 Å². The van der Waals surface area contributed by atoms with E-state index >= 15 is 0 Å². The summed E-state index contributed by atoms with van der Waals surface area (Å²) in [5, 5.41) is 9.19. The third-order valence-corrected chi connectivity index (χ3v) is 8.38. The quantitative estimate of drug-likeness (QED) is 0.841. The molecule has 1 saturated heterocycles. The lowest BCUT2D eigenvalue weighted by Gasteiger charge is -2.21. The number of halogens is 2. The van der Waals surface area contributed by atoms with Crippen LogP contribution in [-0.2, 0) is 10.0 Å². The Balaban J connectivity index is 2.36. The van der Waals surface area contributed by atoms with E-state index in [-0.39, 0.29) is 12.6 Å². The van der Waals surface area contributed by atoms with E-state index in [0.717, 1.165) is 21.1 Å². The molecule has 1 aliphatic rings. The normalized spacial score (nSPS) is 22.2. The van der Waals surface area contributed by atoms with Crippen LogP contribution in [0.3, 0.4) is 0 Å². The van der Waals surface area contributed by atoms with Crippen LogP contribution < -0.4 is 0 Å². The fraction of sp³-hybridized carbons (Fsp3) is 0.556. The average molecular weight is 405 g/mol. The van der Waals surface area contributed by atoms with Gasteiger partial charge in [0.15, 0.2) is 0 Å². The first kappa shape index (κ1) is 14.0. The maximum atomic E-state index is 12.4. The second-order valence-corrected chi connectivity index (χ2v) is 9.12. The predicted octanol–water partition coefficient (Wildman–Crippen LogP) is 2.42. The first-order chi connectivity index (χ1) is 7.96. The Kier molecular flexibility index (Phi) is 4.32. The number of hydrogen-bond acceptors (Lipinski definition) is 4. The smallest absolute Gasteiger partial charge is 0.252 e. The van der Waals surface area contributed by atoms with Crippen molar-refractivity contribution in [1.82, 2.24) is 4.31 Å². The molecule has 0 saturated carbocycles. The molecular formula is C9H11Br2NO3S2. The molecule has 0 bridgehead atoms. The number of nitrogens with zero attached hydrogens (tertiary/aromatic N) is 1. The molecule has 2 rings (SSSR count). The zero-order valence-electron chi connectivity index (χ0n) is 8.77. The van der Waals surface area contributed by atoms with E-state index in [0.29, 0.717) is 10.8 Å². The first-order valence-corrected chi connectivity index (χ1v) is 8.88. The molecule has 96 valence electrons. The lowest BCUT2D eigenvalue weighted by atomic mass is 10.2. The van der Waals surface area contributed by atoms with Gasteiger partial charge in [0, 0.05) is 17.1 Å². The van der Waals surface area contributed by atoms with Crippen molar-refractivity contribution in [3.05, 3.63) is 14.3 Å². The van der Waals surface area contributed by atoms with Gasteiger partial charge in [-0.1, -0.05) is 0 Å². The fourth-order valence-corrected chi connectivity index (χ4v) is 6.51. The third kappa shape index (κ3) is 2.62. The zero-order chi connectivity index (χ0) is 12.6. The van der Waals surface area contributed by atoms with Crippen LogP contribution in [0.15, 0.2) is 18.5 Å². The van der Waals surface area contributed by atoms with Crippen molar-refractivity contribution in [1.29, 1.82) is 0 Å². The summed E-state index contributed by atoms with van der Waals surface area (Å²) in [6.07, 6.45) is 1.53. The molecule has 1 aliphatic heterocycles. The summed E-state index contributed by atoms with van der Waals surface area (Å²) in [4.78, 5) is 0. The molecule has 0 aliphatic carbocycles. The highest BCUT2D eigenvalue weighted by Gasteiger charge is 2.36. The molecule has 4 nitrogen and oxygen atoms in total. The molecule has 2 heterocycles. The summed E-state index contributed by atoms with van der Waals surface area (Å²) < 4.78 is 27.9. The van der Waals surface area contributed by atoms with E-state index in [1.807, 2.05) is 0 Å². The largest absolute Gasteiger partial charge is 0.395 e. The van der Waals surface area contributed by atoms with Crippen LogP contribution in [0.5, 0.6) is 0 Å². The van der Waals surface area contributed by atoms with Gasteiger partial charge in [0.25, 0.3) is 10.0 Å². The maximum Gasteiger partial charge on any atom is 0.252 e. The van der Waals surface area contributed by atoms with Gasteiger partial charge in [-0.25, -0.2) is 8.42 Å². The van der Waals surface area contributed by atoms with Gasteiger partial charge in [0.2, 0.25) is 0 Å². The minimum Gasteiger partial charge on any atom is -0.395 e. The topological polar surface area (TPSA) is 57.6 Å². The molecule has 0 aromatic carbocycles. The van der Waals surface area contributed by atoms with Crippen molar-refractivity contribution in [2.75, 3.05) is 13.2 Å². The Morgan fingerprint density at radius 1 is 1.53 bits per heavy atom. The van der Waals surface area contributed by atoms with Crippen LogP contribution in [0.4, 0.5) is 0 Å². The molecule has 1 N–H and O–H groups in total. The second-order valence-electron chi connectivity index (χ2n) is 3.78. The van der Waals surface area contributed by atoms with E-state index in [1.165, 1.54) is 15.6 Å². The van der Waals surface area contributed by atoms with Crippen molar-refractivity contribution < 1.29 is 13.5 Å². The molecule has 0 spiro atoms. The van der Waals surface area contributed by atoms with E-state index < -0.39 is 10.0 Å². The van der Waals surface area contributed by atoms with Crippen molar-refractivity contribution in [3.63, 3.8) is 0 Å². The summed E-state index contributed by atoms with van der Waals surface area (Å²) >= 11 is 7.75. The molecular weight excluding hydrogens is 394 g/mol. The van der Waals surface area contributed by atoms with Crippen molar-refractivity contribution in [2.24, 2.45) is 0 Å². The van der Waals surface area contributed by atoms with Crippen LogP contribution in [0.2, 0.25) is 0 Å². The molecule has 1 fully saturated rings. The van der Waals surface area contributed by atoms with Crippen LogP contribution in [0, 0.1) is 0 Å². The summed E-state index contributed by atoms with van der Waals surface area (Å²) in [7, 11) is -3.47. The van der Waals surface area contributed by atoms with E-state index in [2.05, 4.69) is 31.9 Å². The van der Waals surface area contributed by atoms with Crippen LogP contribution in [-0.4, -0.2) is 37.0 Å². The minimum atomic E-state index is -3.47. The number of hydrogen-bond donors (Lipinski definition) is 1. The van der Waals surface area contributed by atoms with Gasteiger partial charge < -0.3 is 5.11 Å². The summed E-state index contributed by atoms with van der Waals surface area (Å²) in [5.74, 6) is 0. The minimum absolute atomic E-state index is 0.118. The molecule has 1 aromatic rings. The van der Waals surface area contributed by atoms with Crippen molar-refractivity contribution in [3.8, 4) is 0 Å². The molecule has 1 unspecified atom stereocenters. The van der Waals surface area contributed by atoms with Gasteiger partial charge in [-0.05, 0) is 50.8 Å². The van der Waals surface area contributed by atoms with E-state index in [9.17, 15) is 13.5 Å². The highest BCUT2D eigenvalue weighted by Crippen LogP contribution is 2.37. The predicted molar refractivity (Wildman–Crippen MR) is 73.7 cm³/mol. The summed E-state index contributed by atoms with van der Waals surface area (Å²) in [6, 6.07) is 1.32. The second kappa shape index (κ2) is 5.26. The molecule has 0 amide bonds. The summed E-state index contributed by atoms with van der Waals surface area (Å²) in [5.41, 5.74) is 0. The Morgan fingerprint density at radius 2 is 2.24 bits per heavy atom. The lowest BCUT2D eigenvalue weighted by molar-refractivity contribution is 0.213. The first-order valence-electron chi connectivity index (χ1n) is 5.04. The number of rotatable bonds is 3. The van der Waals surface area contributed by atoms with E-state index in [1.54, 1.807) is 6.07 Å². The Bertz CT molecular complexity index is 495. The molecule has 1 atom stereocenters.